The molecule has 1 aromatic carbocycles. The second kappa shape index (κ2) is 7.01. The van der Waals surface area contributed by atoms with Crippen molar-refractivity contribution in [3.05, 3.63) is 29.8 Å². The summed E-state index contributed by atoms with van der Waals surface area (Å²) in [6, 6.07) is 8.34. The van der Waals surface area contributed by atoms with Gasteiger partial charge in [0, 0.05) is 7.26 Å². The summed E-state index contributed by atoms with van der Waals surface area (Å²) < 4.78 is 5.88. The molecule has 1 aromatic rings. The summed E-state index contributed by atoms with van der Waals surface area (Å²) in [5.41, 5.74) is 1.27. The molecule has 0 aliphatic heterocycles. The number of rotatable bonds is 7. The van der Waals surface area contributed by atoms with Crippen molar-refractivity contribution in [1.29, 1.82) is 0 Å². The predicted molar refractivity (Wildman–Crippen MR) is 80.1 cm³/mol. The normalized spacial score (nSPS) is 11.5. The summed E-state index contributed by atoms with van der Waals surface area (Å²) >= 11 is 0. The third-order valence-corrected chi connectivity index (χ3v) is 8.99. The Morgan fingerprint density at radius 2 is 1.71 bits per heavy atom. The van der Waals surface area contributed by atoms with Gasteiger partial charge in [0.1, 0.15) is 12.4 Å². The van der Waals surface area contributed by atoms with E-state index in [9.17, 15) is 0 Å². The fourth-order valence-electron chi connectivity index (χ4n) is 2.21. The number of hydrogen-bond donors (Lipinski definition) is 0. The molecule has 0 saturated carbocycles. The molecule has 0 unspecified atom stereocenters. The van der Waals surface area contributed by atoms with Crippen LogP contribution < -0.4 is 4.74 Å². The molecule has 17 heavy (non-hydrogen) atoms. The fourth-order valence-corrected chi connectivity index (χ4v) is 4.98. The summed E-state index contributed by atoms with van der Waals surface area (Å²) in [6.45, 7) is 10.0. The maximum atomic E-state index is 5.88. The van der Waals surface area contributed by atoms with Crippen LogP contribution in [0.1, 0.15) is 26.3 Å². The van der Waals surface area contributed by atoms with Gasteiger partial charge in [0.15, 0.2) is 0 Å². The zero-order chi connectivity index (χ0) is 12.7. The highest BCUT2D eigenvalue weighted by atomic mass is 31.2. The van der Waals surface area contributed by atoms with E-state index in [1.165, 1.54) is 30.2 Å². The van der Waals surface area contributed by atoms with Crippen LogP contribution >= 0.6 is 7.26 Å². The van der Waals surface area contributed by atoms with Gasteiger partial charge in [-0.25, -0.2) is 0 Å². The predicted octanol–water partition coefficient (Wildman–Crippen LogP) is 4.45. The van der Waals surface area contributed by atoms with Gasteiger partial charge >= 0.3 is 0 Å². The lowest BCUT2D eigenvalue weighted by Crippen LogP contribution is -2.13. The van der Waals surface area contributed by atoms with E-state index in [0.29, 0.717) is 0 Å². The fraction of sp³-hybridized carbons (Fsp3) is 0.600. The molecule has 0 fully saturated rings. The minimum Gasteiger partial charge on any atom is -0.490 e. The Balaban J connectivity index is 2.46. The van der Waals surface area contributed by atoms with Gasteiger partial charge in [0.2, 0.25) is 0 Å². The van der Waals surface area contributed by atoms with Crippen molar-refractivity contribution < 1.29 is 4.74 Å². The Morgan fingerprint density at radius 3 is 2.24 bits per heavy atom. The van der Waals surface area contributed by atoms with Crippen molar-refractivity contribution >= 4 is 7.26 Å². The molecule has 0 N–H and O–H groups in total. The molecular weight excluding hydrogens is 227 g/mol. The molecule has 2 heteroatoms. The lowest BCUT2D eigenvalue weighted by molar-refractivity contribution is 0.342. The lowest BCUT2D eigenvalue weighted by atomic mass is 10.2. The minimum atomic E-state index is -0.713. The quantitative estimate of drug-likeness (QED) is 0.652. The number of hydrogen-bond acceptors (Lipinski definition) is 1. The second-order valence-electron chi connectivity index (χ2n) is 4.68. The SMILES string of the molecule is CC[P+](CC)(CC)CCOc1cccc(C)c1. The van der Waals surface area contributed by atoms with Gasteiger partial charge in [-0.2, -0.15) is 0 Å². The topological polar surface area (TPSA) is 9.23 Å². The van der Waals surface area contributed by atoms with E-state index in [2.05, 4.69) is 52.0 Å². The molecule has 0 spiro atoms. The van der Waals surface area contributed by atoms with Crippen molar-refractivity contribution in [3.63, 3.8) is 0 Å². The van der Waals surface area contributed by atoms with Gasteiger partial charge < -0.3 is 4.74 Å². The van der Waals surface area contributed by atoms with Gasteiger partial charge in [0.05, 0.1) is 24.6 Å². The first-order valence-corrected chi connectivity index (χ1v) is 9.23. The molecule has 96 valence electrons. The van der Waals surface area contributed by atoms with Gasteiger partial charge in [0.25, 0.3) is 0 Å². The monoisotopic (exact) mass is 253 g/mol. The Kier molecular flexibility index (Phi) is 5.98. The first-order chi connectivity index (χ1) is 8.15. The third-order valence-electron chi connectivity index (χ3n) is 3.84. The van der Waals surface area contributed by atoms with Crippen LogP contribution in [0.2, 0.25) is 0 Å². The smallest absolute Gasteiger partial charge is 0.122 e. The van der Waals surface area contributed by atoms with Crippen molar-refractivity contribution in [2.45, 2.75) is 27.7 Å². The van der Waals surface area contributed by atoms with Crippen LogP contribution in [0.5, 0.6) is 5.75 Å². The highest BCUT2D eigenvalue weighted by Gasteiger charge is 2.30. The third kappa shape index (κ3) is 4.32. The van der Waals surface area contributed by atoms with E-state index in [1.54, 1.807) is 0 Å². The van der Waals surface area contributed by atoms with Gasteiger partial charge in [-0.15, -0.1) is 0 Å². The Labute approximate surface area is 107 Å². The molecular formula is C15H26OP+. The van der Waals surface area contributed by atoms with Crippen LogP contribution in [-0.2, 0) is 0 Å². The van der Waals surface area contributed by atoms with Crippen LogP contribution in [0, 0.1) is 6.92 Å². The Hall–Kier alpha value is -0.550. The summed E-state index contributed by atoms with van der Waals surface area (Å²) in [6.07, 6.45) is 5.34. The Bertz CT molecular complexity index is 323. The highest BCUT2D eigenvalue weighted by molar-refractivity contribution is 7.75. The molecule has 1 nitrogen and oxygen atoms in total. The van der Waals surface area contributed by atoms with Gasteiger partial charge in [-0.05, 0) is 45.4 Å². The van der Waals surface area contributed by atoms with E-state index in [1.807, 2.05) is 0 Å². The number of aryl methyl sites for hydroxylation is 1. The molecule has 0 bridgehead atoms. The average Bonchev–Trinajstić information content (AvgIpc) is 2.35. The molecule has 0 aliphatic carbocycles. The van der Waals surface area contributed by atoms with E-state index < -0.39 is 7.26 Å². The maximum absolute atomic E-state index is 5.88. The summed E-state index contributed by atoms with van der Waals surface area (Å²) in [5.74, 6) is 1.02. The molecule has 0 atom stereocenters. The van der Waals surface area contributed by atoms with Crippen LogP contribution in [0.4, 0.5) is 0 Å². The standard InChI is InChI=1S/C15H26OP/c1-5-17(6-2,7-3)12-11-16-15-10-8-9-14(4)13-15/h8-10,13H,5-7,11-12H2,1-4H3/q+1. The number of benzene rings is 1. The van der Waals surface area contributed by atoms with Crippen LogP contribution in [0.15, 0.2) is 24.3 Å². The van der Waals surface area contributed by atoms with Crippen molar-refractivity contribution in [3.8, 4) is 5.75 Å². The Morgan fingerprint density at radius 1 is 1.06 bits per heavy atom. The van der Waals surface area contributed by atoms with Crippen LogP contribution in [0.25, 0.3) is 0 Å². The largest absolute Gasteiger partial charge is 0.490 e. The first kappa shape index (κ1) is 14.5. The van der Waals surface area contributed by atoms with Crippen LogP contribution in [-0.4, -0.2) is 31.3 Å². The molecule has 0 aromatic heterocycles. The molecule has 0 heterocycles. The summed E-state index contributed by atoms with van der Waals surface area (Å²) in [5, 5.41) is 0. The average molecular weight is 253 g/mol. The highest BCUT2D eigenvalue weighted by Crippen LogP contribution is 2.57. The molecule has 0 aliphatic rings. The van der Waals surface area contributed by atoms with E-state index >= 15 is 0 Å². The molecule has 0 saturated heterocycles. The minimum absolute atomic E-state index is 0.713. The molecule has 0 radical (unpaired) electrons. The second-order valence-corrected chi connectivity index (χ2v) is 9.71. The van der Waals surface area contributed by atoms with Crippen molar-refractivity contribution in [2.24, 2.45) is 0 Å². The lowest BCUT2D eigenvalue weighted by Gasteiger charge is -2.23. The summed E-state index contributed by atoms with van der Waals surface area (Å²) in [4.78, 5) is 0. The molecule has 0 amide bonds. The van der Waals surface area contributed by atoms with Gasteiger partial charge in [-0.3, -0.25) is 0 Å². The van der Waals surface area contributed by atoms with Gasteiger partial charge in [-0.1, -0.05) is 12.1 Å². The first-order valence-electron chi connectivity index (χ1n) is 6.70. The summed E-state index contributed by atoms with van der Waals surface area (Å²) in [7, 11) is -0.713. The van der Waals surface area contributed by atoms with Crippen LogP contribution in [0.3, 0.4) is 0 Å². The van der Waals surface area contributed by atoms with Crippen molar-refractivity contribution in [2.75, 3.05) is 31.3 Å². The maximum Gasteiger partial charge on any atom is 0.122 e. The molecule has 1 rings (SSSR count). The zero-order valence-corrected chi connectivity index (χ0v) is 12.6. The zero-order valence-electron chi connectivity index (χ0n) is 11.7. The van der Waals surface area contributed by atoms with E-state index in [-0.39, 0.29) is 0 Å². The van der Waals surface area contributed by atoms with E-state index in [4.69, 9.17) is 4.74 Å². The van der Waals surface area contributed by atoms with Crippen molar-refractivity contribution in [1.82, 2.24) is 0 Å². The van der Waals surface area contributed by atoms with E-state index in [0.717, 1.165) is 12.4 Å². The number of ether oxygens (including phenoxy) is 1.